The fourth-order valence-corrected chi connectivity index (χ4v) is 3.22. The van der Waals surface area contributed by atoms with Crippen LogP contribution in [0, 0.1) is 6.92 Å². The average molecular weight is 318 g/mol. The largest absolute Gasteiger partial charge is 0.344 e. The van der Waals surface area contributed by atoms with E-state index in [2.05, 4.69) is 67.4 Å². The maximum absolute atomic E-state index is 4.23. The zero-order chi connectivity index (χ0) is 16.4. The number of fused-ring (bicyclic) bond motifs is 1. The summed E-state index contributed by atoms with van der Waals surface area (Å²) >= 11 is 0. The van der Waals surface area contributed by atoms with Crippen molar-refractivity contribution in [1.29, 1.82) is 0 Å². The summed E-state index contributed by atoms with van der Waals surface area (Å²) in [4.78, 5) is 4.23. The topological polar surface area (TPSA) is 72.3 Å². The molecule has 0 aliphatic carbocycles. The highest BCUT2D eigenvalue weighted by molar-refractivity contribution is 5.85. The fraction of sp³-hybridized carbons (Fsp3) is 0.222. The number of aromatic nitrogens is 6. The Hall–Kier alpha value is -3.02. The van der Waals surface area contributed by atoms with E-state index < -0.39 is 0 Å². The third kappa shape index (κ3) is 2.67. The summed E-state index contributed by atoms with van der Waals surface area (Å²) in [5.41, 5.74) is 5.12. The van der Waals surface area contributed by atoms with E-state index in [1.165, 1.54) is 27.7 Å². The van der Waals surface area contributed by atoms with Crippen molar-refractivity contribution in [2.45, 2.75) is 26.3 Å². The van der Waals surface area contributed by atoms with Gasteiger partial charge in [-0.15, -0.1) is 5.10 Å². The molecule has 0 radical (unpaired) electrons. The predicted molar refractivity (Wildman–Crippen MR) is 91.6 cm³/mol. The first-order valence-corrected chi connectivity index (χ1v) is 8.01. The number of para-hydroxylation sites is 1. The number of tetrazole rings is 1. The second-order valence-electron chi connectivity index (χ2n) is 5.87. The van der Waals surface area contributed by atoms with E-state index in [9.17, 15) is 0 Å². The van der Waals surface area contributed by atoms with Gasteiger partial charge in [-0.25, -0.2) is 5.10 Å². The zero-order valence-electron chi connectivity index (χ0n) is 13.5. The lowest BCUT2D eigenvalue weighted by atomic mass is 10.0. The van der Waals surface area contributed by atoms with Gasteiger partial charge in [0.25, 0.3) is 0 Å². The van der Waals surface area contributed by atoms with E-state index >= 15 is 0 Å². The number of nitrogens with one attached hydrogen (secondary N) is 1. The predicted octanol–water partition coefficient (Wildman–Crippen LogP) is 2.69. The molecule has 4 rings (SSSR count). The smallest absolute Gasteiger partial charge is 0.150 e. The molecular formula is C18H18N6. The quantitative estimate of drug-likeness (QED) is 0.614. The minimum atomic E-state index is 0.777. The summed E-state index contributed by atoms with van der Waals surface area (Å²) in [7, 11) is 0. The summed E-state index contributed by atoms with van der Waals surface area (Å²) in [6.45, 7) is 3.03. The molecule has 0 saturated heterocycles. The molecule has 6 nitrogen and oxygen atoms in total. The van der Waals surface area contributed by atoms with Crippen molar-refractivity contribution in [3.8, 4) is 0 Å². The molecule has 120 valence electrons. The molecule has 0 aliphatic heterocycles. The van der Waals surface area contributed by atoms with Crippen molar-refractivity contribution in [1.82, 2.24) is 30.2 Å². The van der Waals surface area contributed by atoms with Crippen LogP contribution in [0.2, 0.25) is 0 Å². The Balaban J connectivity index is 1.72. The van der Waals surface area contributed by atoms with Gasteiger partial charge in [0.05, 0.1) is 0 Å². The van der Waals surface area contributed by atoms with Crippen LogP contribution in [0.1, 0.15) is 22.6 Å². The van der Waals surface area contributed by atoms with Gasteiger partial charge in [0.15, 0.2) is 0 Å². The van der Waals surface area contributed by atoms with Gasteiger partial charge in [-0.3, -0.25) is 4.98 Å². The Morgan fingerprint density at radius 3 is 2.83 bits per heavy atom. The molecule has 0 aliphatic rings. The van der Waals surface area contributed by atoms with Gasteiger partial charge in [-0.05, 0) is 40.6 Å². The van der Waals surface area contributed by atoms with Crippen molar-refractivity contribution in [2.24, 2.45) is 0 Å². The van der Waals surface area contributed by atoms with Crippen LogP contribution in [-0.4, -0.2) is 30.2 Å². The molecule has 1 aromatic carbocycles. The van der Waals surface area contributed by atoms with Crippen molar-refractivity contribution >= 4 is 10.9 Å². The van der Waals surface area contributed by atoms with Gasteiger partial charge < -0.3 is 4.57 Å². The lowest BCUT2D eigenvalue weighted by Crippen LogP contribution is -2.05. The molecule has 6 heteroatoms. The Morgan fingerprint density at radius 1 is 1.12 bits per heavy atom. The number of rotatable bonds is 5. The molecule has 0 amide bonds. The van der Waals surface area contributed by atoms with E-state index in [1.807, 2.05) is 18.5 Å². The molecule has 3 aromatic heterocycles. The Morgan fingerprint density at radius 2 is 2.04 bits per heavy atom. The maximum Gasteiger partial charge on any atom is 0.150 e. The molecule has 0 saturated carbocycles. The number of hydrogen-bond acceptors (Lipinski definition) is 4. The molecule has 0 atom stereocenters. The van der Waals surface area contributed by atoms with Crippen LogP contribution in [0.4, 0.5) is 0 Å². The first-order valence-electron chi connectivity index (χ1n) is 8.01. The molecule has 1 N–H and O–H groups in total. The zero-order valence-corrected chi connectivity index (χ0v) is 13.5. The molecule has 0 bridgehead atoms. The van der Waals surface area contributed by atoms with E-state index in [-0.39, 0.29) is 0 Å². The number of hydrogen-bond donors (Lipinski definition) is 1. The van der Waals surface area contributed by atoms with Crippen LogP contribution in [-0.2, 0) is 19.4 Å². The average Bonchev–Trinajstić information content (AvgIpc) is 3.22. The summed E-state index contributed by atoms with van der Waals surface area (Å²) in [5.74, 6) is 0.806. The van der Waals surface area contributed by atoms with Crippen LogP contribution in [0.25, 0.3) is 10.9 Å². The summed E-state index contributed by atoms with van der Waals surface area (Å²) in [5, 5.41) is 15.4. The minimum absolute atomic E-state index is 0.777. The van der Waals surface area contributed by atoms with Crippen LogP contribution in [0.3, 0.4) is 0 Å². The molecule has 0 unspecified atom stereocenters. The van der Waals surface area contributed by atoms with Crippen molar-refractivity contribution < 1.29 is 0 Å². The molecule has 4 aromatic rings. The van der Waals surface area contributed by atoms with Crippen LogP contribution in [0.15, 0.2) is 48.8 Å². The molecular weight excluding hydrogens is 300 g/mol. The Bertz CT molecular complexity index is 940. The van der Waals surface area contributed by atoms with Gasteiger partial charge in [0, 0.05) is 48.4 Å². The number of benzene rings is 1. The molecule has 3 heterocycles. The first-order chi connectivity index (χ1) is 11.8. The lowest BCUT2D eigenvalue weighted by Gasteiger charge is -2.07. The number of aromatic amines is 1. The van der Waals surface area contributed by atoms with Gasteiger partial charge in [-0.1, -0.05) is 24.3 Å². The highest BCUT2D eigenvalue weighted by atomic mass is 15.5. The third-order valence-corrected chi connectivity index (χ3v) is 4.43. The highest BCUT2D eigenvalue weighted by Crippen LogP contribution is 2.28. The molecule has 24 heavy (non-hydrogen) atoms. The number of aryl methyl sites for hydroxylation is 2. The Labute approximate surface area is 139 Å². The lowest BCUT2D eigenvalue weighted by molar-refractivity contribution is 0.676. The van der Waals surface area contributed by atoms with Crippen LogP contribution in [0.5, 0.6) is 0 Å². The fourth-order valence-electron chi connectivity index (χ4n) is 3.22. The van der Waals surface area contributed by atoms with Gasteiger partial charge >= 0.3 is 0 Å². The second kappa shape index (κ2) is 6.23. The summed E-state index contributed by atoms with van der Waals surface area (Å²) < 4.78 is 2.35. The van der Waals surface area contributed by atoms with Crippen LogP contribution < -0.4 is 0 Å². The monoisotopic (exact) mass is 318 g/mol. The molecule has 0 spiro atoms. The van der Waals surface area contributed by atoms with Crippen molar-refractivity contribution in [3.05, 3.63) is 71.4 Å². The Kier molecular flexibility index (Phi) is 3.78. The first kappa shape index (κ1) is 14.6. The van der Waals surface area contributed by atoms with Gasteiger partial charge in [0.1, 0.15) is 5.82 Å². The van der Waals surface area contributed by atoms with E-state index in [1.54, 1.807) is 0 Å². The minimum Gasteiger partial charge on any atom is -0.344 e. The van der Waals surface area contributed by atoms with Crippen molar-refractivity contribution in [2.75, 3.05) is 0 Å². The number of nitrogens with zero attached hydrogens (tertiary/aromatic N) is 5. The van der Waals surface area contributed by atoms with Gasteiger partial charge in [-0.2, -0.15) is 0 Å². The standard InChI is InChI=1S/C18H18N6/c1-13-16(11-14-5-4-9-19-12-14)15-6-2-3-7-17(15)24(13)10-8-18-20-22-23-21-18/h2-7,9,12H,8,10-11H2,1H3,(H,20,21,22,23). The normalized spacial score (nSPS) is 11.2. The molecule has 0 fully saturated rings. The van der Waals surface area contributed by atoms with E-state index in [4.69, 9.17) is 0 Å². The van der Waals surface area contributed by atoms with Crippen molar-refractivity contribution in [3.63, 3.8) is 0 Å². The summed E-state index contributed by atoms with van der Waals surface area (Å²) in [6, 6.07) is 12.7. The van der Waals surface area contributed by atoms with Gasteiger partial charge in [0.2, 0.25) is 0 Å². The third-order valence-electron chi connectivity index (χ3n) is 4.43. The maximum atomic E-state index is 4.23. The highest BCUT2D eigenvalue weighted by Gasteiger charge is 2.14. The second-order valence-corrected chi connectivity index (χ2v) is 5.87. The van der Waals surface area contributed by atoms with Crippen LogP contribution >= 0.6 is 0 Å². The number of H-pyrrole nitrogens is 1. The number of pyridine rings is 1. The summed E-state index contributed by atoms with van der Waals surface area (Å²) in [6.07, 6.45) is 5.41. The SMILES string of the molecule is Cc1c(Cc2cccnc2)c2ccccc2n1CCc1nnn[nH]1. The van der Waals surface area contributed by atoms with E-state index in [0.717, 1.165) is 25.2 Å². The van der Waals surface area contributed by atoms with E-state index in [0.29, 0.717) is 0 Å².